The lowest BCUT2D eigenvalue weighted by Gasteiger charge is -2.22. The molecule has 1 unspecified atom stereocenters. The maximum atomic E-state index is 11.8. The molecule has 1 aliphatic heterocycles. The van der Waals surface area contributed by atoms with Crippen molar-refractivity contribution < 1.29 is 9.53 Å². The Morgan fingerprint density at radius 1 is 1.50 bits per heavy atom. The third-order valence-corrected chi connectivity index (χ3v) is 2.77. The molecule has 0 aliphatic carbocycles. The van der Waals surface area contributed by atoms with Gasteiger partial charge in [0.1, 0.15) is 6.10 Å². The third-order valence-electron chi connectivity index (χ3n) is 2.77. The number of morpholine rings is 1. The number of amides is 1. The Morgan fingerprint density at radius 2 is 2.28 bits per heavy atom. The van der Waals surface area contributed by atoms with Crippen LogP contribution in [0.2, 0.25) is 0 Å². The molecule has 1 aromatic rings. The molecule has 2 N–H and O–H groups in total. The van der Waals surface area contributed by atoms with Gasteiger partial charge in [-0.05, 0) is 17.7 Å². The third kappa shape index (κ3) is 3.29. The van der Waals surface area contributed by atoms with Crippen LogP contribution >= 0.6 is 0 Å². The van der Waals surface area contributed by atoms with Gasteiger partial charge in [-0.1, -0.05) is 12.1 Å². The van der Waals surface area contributed by atoms with E-state index in [1.807, 2.05) is 12.1 Å². The van der Waals surface area contributed by atoms with E-state index in [9.17, 15) is 4.79 Å². The van der Waals surface area contributed by atoms with Crippen molar-refractivity contribution in [3.8, 4) is 6.07 Å². The fourth-order valence-corrected chi connectivity index (χ4v) is 1.73. The molecule has 0 saturated carbocycles. The summed E-state index contributed by atoms with van der Waals surface area (Å²) in [4.78, 5) is 11.8. The number of carbonyl (C=O) groups is 1. The van der Waals surface area contributed by atoms with Gasteiger partial charge in [-0.2, -0.15) is 5.26 Å². The fraction of sp³-hybridized carbons (Fsp3) is 0.385. The van der Waals surface area contributed by atoms with E-state index in [2.05, 4.69) is 16.7 Å². The van der Waals surface area contributed by atoms with Crippen molar-refractivity contribution in [2.75, 3.05) is 19.7 Å². The van der Waals surface area contributed by atoms with Crippen molar-refractivity contribution in [2.24, 2.45) is 0 Å². The molecule has 0 spiro atoms. The molecule has 1 fully saturated rings. The topological polar surface area (TPSA) is 74.2 Å². The molecule has 2 rings (SSSR count). The van der Waals surface area contributed by atoms with Crippen molar-refractivity contribution in [3.63, 3.8) is 0 Å². The van der Waals surface area contributed by atoms with E-state index in [4.69, 9.17) is 10.00 Å². The van der Waals surface area contributed by atoms with Crippen LogP contribution < -0.4 is 10.6 Å². The van der Waals surface area contributed by atoms with Gasteiger partial charge in [0.05, 0.1) is 18.2 Å². The second kappa shape index (κ2) is 6.15. The first kappa shape index (κ1) is 12.6. The van der Waals surface area contributed by atoms with Crippen molar-refractivity contribution in [1.29, 1.82) is 5.26 Å². The predicted molar refractivity (Wildman–Crippen MR) is 65.6 cm³/mol. The first-order chi connectivity index (χ1) is 8.79. The molecule has 5 nitrogen and oxygen atoms in total. The van der Waals surface area contributed by atoms with Crippen LogP contribution in [-0.4, -0.2) is 31.7 Å². The molecule has 0 bridgehead atoms. The SMILES string of the molecule is N#Cc1ccc(CNC(=O)C2CNCCO2)cc1. The molecular formula is C13H15N3O2. The minimum Gasteiger partial charge on any atom is -0.366 e. The van der Waals surface area contributed by atoms with E-state index < -0.39 is 6.10 Å². The standard InChI is InChI=1S/C13H15N3O2/c14-7-10-1-3-11(4-2-10)8-16-13(17)12-9-15-5-6-18-12/h1-4,12,15H,5-6,8-9H2,(H,16,17). The summed E-state index contributed by atoms with van der Waals surface area (Å²) in [5, 5.41) is 14.6. The van der Waals surface area contributed by atoms with Crippen LogP contribution in [0.5, 0.6) is 0 Å². The smallest absolute Gasteiger partial charge is 0.250 e. The van der Waals surface area contributed by atoms with Crippen LogP contribution in [0.4, 0.5) is 0 Å². The number of nitrogens with one attached hydrogen (secondary N) is 2. The average Bonchev–Trinajstić information content (AvgIpc) is 2.46. The summed E-state index contributed by atoms with van der Waals surface area (Å²) in [6.07, 6.45) is -0.405. The van der Waals surface area contributed by atoms with Gasteiger partial charge in [-0.25, -0.2) is 0 Å². The lowest BCUT2D eigenvalue weighted by atomic mass is 10.1. The molecule has 5 heteroatoms. The van der Waals surface area contributed by atoms with E-state index in [1.54, 1.807) is 12.1 Å². The highest BCUT2D eigenvalue weighted by molar-refractivity contribution is 5.81. The summed E-state index contributed by atoms with van der Waals surface area (Å²) in [6.45, 7) is 2.36. The molecule has 1 aliphatic rings. The van der Waals surface area contributed by atoms with Crippen LogP contribution in [0.25, 0.3) is 0 Å². The maximum Gasteiger partial charge on any atom is 0.250 e. The van der Waals surface area contributed by atoms with Crippen LogP contribution in [0, 0.1) is 11.3 Å². The van der Waals surface area contributed by atoms with E-state index in [0.717, 1.165) is 12.1 Å². The quantitative estimate of drug-likeness (QED) is 0.795. The van der Waals surface area contributed by atoms with Crippen molar-refractivity contribution in [1.82, 2.24) is 10.6 Å². The first-order valence-corrected chi connectivity index (χ1v) is 5.88. The van der Waals surface area contributed by atoms with Gasteiger partial charge < -0.3 is 15.4 Å². The number of nitrogens with zero attached hydrogens (tertiary/aromatic N) is 1. The molecule has 1 saturated heterocycles. The fourth-order valence-electron chi connectivity index (χ4n) is 1.73. The highest BCUT2D eigenvalue weighted by Gasteiger charge is 2.20. The van der Waals surface area contributed by atoms with Gasteiger partial charge in [0.2, 0.25) is 0 Å². The second-order valence-electron chi connectivity index (χ2n) is 4.09. The van der Waals surface area contributed by atoms with Crippen LogP contribution in [0.15, 0.2) is 24.3 Å². The molecule has 0 radical (unpaired) electrons. The summed E-state index contributed by atoms with van der Waals surface area (Å²) in [5.41, 5.74) is 1.58. The van der Waals surface area contributed by atoms with Gasteiger partial charge in [-0.3, -0.25) is 4.79 Å². The monoisotopic (exact) mass is 245 g/mol. The molecule has 18 heavy (non-hydrogen) atoms. The number of hydrogen-bond acceptors (Lipinski definition) is 4. The molecule has 0 aromatic heterocycles. The van der Waals surface area contributed by atoms with E-state index >= 15 is 0 Å². The summed E-state index contributed by atoms with van der Waals surface area (Å²) in [7, 11) is 0. The Bertz CT molecular complexity index is 444. The van der Waals surface area contributed by atoms with Crippen LogP contribution in [0.1, 0.15) is 11.1 Å². The van der Waals surface area contributed by atoms with Gasteiger partial charge in [0.25, 0.3) is 5.91 Å². The van der Waals surface area contributed by atoms with E-state index in [-0.39, 0.29) is 5.91 Å². The molecule has 1 amide bonds. The molecule has 94 valence electrons. The van der Waals surface area contributed by atoms with Gasteiger partial charge in [-0.15, -0.1) is 0 Å². The van der Waals surface area contributed by atoms with Crippen LogP contribution in [0.3, 0.4) is 0 Å². The largest absolute Gasteiger partial charge is 0.366 e. The lowest BCUT2D eigenvalue weighted by Crippen LogP contribution is -2.47. The Hall–Kier alpha value is -1.90. The maximum absolute atomic E-state index is 11.8. The number of rotatable bonds is 3. The Balaban J connectivity index is 1.83. The van der Waals surface area contributed by atoms with Crippen molar-refractivity contribution >= 4 is 5.91 Å². The highest BCUT2D eigenvalue weighted by atomic mass is 16.5. The predicted octanol–water partition coefficient (Wildman–Crippen LogP) is 0.163. The number of benzene rings is 1. The summed E-state index contributed by atoms with van der Waals surface area (Å²) >= 11 is 0. The van der Waals surface area contributed by atoms with E-state index in [1.165, 1.54) is 0 Å². The Labute approximate surface area is 106 Å². The van der Waals surface area contributed by atoms with Crippen molar-refractivity contribution in [2.45, 2.75) is 12.6 Å². The Morgan fingerprint density at radius 3 is 2.89 bits per heavy atom. The zero-order valence-electron chi connectivity index (χ0n) is 9.98. The summed E-state index contributed by atoms with van der Waals surface area (Å²) < 4.78 is 5.35. The summed E-state index contributed by atoms with van der Waals surface area (Å²) in [6, 6.07) is 9.19. The average molecular weight is 245 g/mol. The zero-order chi connectivity index (χ0) is 12.8. The summed E-state index contributed by atoms with van der Waals surface area (Å²) in [5.74, 6) is -0.105. The molecule has 1 heterocycles. The number of ether oxygens (including phenoxy) is 1. The number of nitriles is 1. The number of carbonyl (C=O) groups excluding carboxylic acids is 1. The van der Waals surface area contributed by atoms with Crippen molar-refractivity contribution in [3.05, 3.63) is 35.4 Å². The molecule has 1 aromatic carbocycles. The Kier molecular flexibility index (Phi) is 4.29. The normalized spacial score (nSPS) is 18.9. The van der Waals surface area contributed by atoms with E-state index in [0.29, 0.717) is 25.3 Å². The van der Waals surface area contributed by atoms with Gasteiger partial charge in [0, 0.05) is 19.6 Å². The minimum atomic E-state index is -0.405. The molecular weight excluding hydrogens is 230 g/mol. The molecule has 1 atom stereocenters. The number of hydrogen-bond donors (Lipinski definition) is 2. The minimum absolute atomic E-state index is 0.105. The zero-order valence-corrected chi connectivity index (χ0v) is 9.98. The second-order valence-corrected chi connectivity index (χ2v) is 4.09. The van der Waals surface area contributed by atoms with Crippen LogP contribution in [-0.2, 0) is 16.1 Å². The lowest BCUT2D eigenvalue weighted by molar-refractivity contribution is -0.134. The van der Waals surface area contributed by atoms with Gasteiger partial charge >= 0.3 is 0 Å². The first-order valence-electron chi connectivity index (χ1n) is 5.88. The van der Waals surface area contributed by atoms with Gasteiger partial charge in [0.15, 0.2) is 0 Å². The highest BCUT2D eigenvalue weighted by Crippen LogP contribution is 2.03.